The lowest BCUT2D eigenvalue weighted by Gasteiger charge is -2.10. The van der Waals surface area contributed by atoms with Gasteiger partial charge in [0.2, 0.25) is 11.8 Å². The number of carbonyl (C=O) groups is 1. The predicted octanol–water partition coefficient (Wildman–Crippen LogP) is 2.45. The Morgan fingerprint density at radius 1 is 1.20 bits per heavy atom. The molecule has 0 bridgehead atoms. The SMILES string of the molecule is CC1=[N+](C)N(c2ccccc2)C(=O)C1N=Cc1cccc([N+](=O)[O-])c1. The Morgan fingerprint density at radius 2 is 1.92 bits per heavy atom. The zero-order valence-corrected chi connectivity index (χ0v) is 13.9. The smallest absolute Gasteiger partial charge is 0.268 e. The molecule has 1 aliphatic heterocycles. The van der Waals surface area contributed by atoms with Crippen LogP contribution < -0.4 is 5.01 Å². The molecule has 0 radical (unpaired) electrons. The molecule has 1 unspecified atom stereocenters. The number of rotatable bonds is 4. The Kier molecular flexibility index (Phi) is 4.38. The minimum Gasteiger partial charge on any atom is -0.268 e. The number of hydrazine groups is 1. The number of anilines is 1. The number of amides is 1. The number of aliphatic imine (C=N–C) groups is 1. The molecular weight excluding hydrogens is 320 g/mol. The summed E-state index contributed by atoms with van der Waals surface area (Å²) in [6.07, 6.45) is 1.50. The van der Waals surface area contributed by atoms with E-state index in [9.17, 15) is 14.9 Å². The summed E-state index contributed by atoms with van der Waals surface area (Å²) in [4.78, 5) is 27.5. The summed E-state index contributed by atoms with van der Waals surface area (Å²) < 4.78 is 1.77. The van der Waals surface area contributed by atoms with Crippen LogP contribution in [0.1, 0.15) is 12.5 Å². The number of nitrogens with zero attached hydrogens (tertiary/aromatic N) is 4. The molecule has 1 heterocycles. The van der Waals surface area contributed by atoms with Crippen molar-refractivity contribution in [1.29, 1.82) is 0 Å². The van der Waals surface area contributed by atoms with Gasteiger partial charge in [0.15, 0.2) is 7.05 Å². The highest BCUT2D eigenvalue weighted by atomic mass is 16.6. The third kappa shape index (κ3) is 3.16. The summed E-state index contributed by atoms with van der Waals surface area (Å²) >= 11 is 0. The average molecular weight is 337 g/mol. The van der Waals surface area contributed by atoms with E-state index in [1.807, 2.05) is 44.3 Å². The first-order valence-corrected chi connectivity index (χ1v) is 7.73. The summed E-state index contributed by atoms with van der Waals surface area (Å²) in [6.45, 7) is 1.84. The molecule has 0 spiro atoms. The van der Waals surface area contributed by atoms with Gasteiger partial charge in [0.05, 0.1) is 4.92 Å². The van der Waals surface area contributed by atoms with Gasteiger partial charge in [-0.3, -0.25) is 19.9 Å². The molecule has 0 aromatic heterocycles. The monoisotopic (exact) mass is 337 g/mol. The molecule has 1 atom stereocenters. The number of hydrazone groups is 1. The lowest BCUT2D eigenvalue weighted by molar-refractivity contribution is -0.495. The molecule has 1 aliphatic rings. The van der Waals surface area contributed by atoms with E-state index in [0.29, 0.717) is 5.56 Å². The Labute approximate surface area is 144 Å². The van der Waals surface area contributed by atoms with Crippen LogP contribution >= 0.6 is 0 Å². The zero-order chi connectivity index (χ0) is 18.0. The van der Waals surface area contributed by atoms with Crippen LogP contribution in [-0.4, -0.2) is 40.5 Å². The van der Waals surface area contributed by atoms with Crippen molar-refractivity contribution in [2.75, 3.05) is 12.1 Å². The van der Waals surface area contributed by atoms with Gasteiger partial charge in [0.25, 0.3) is 5.69 Å². The normalized spacial score (nSPS) is 17.6. The zero-order valence-electron chi connectivity index (χ0n) is 13.9. The second-order valence-electron chi connectivity index (χ2n) is 5.68. The van der Waals surface area contributed by atoms with E-state index in [0.717, 1.165) is 11.4 Å². The van der Waals surface area contributed by atoms with E-state index < -0.39 is 11.0 Å². The van der Waals surface area contributed by atoms with Crippen molar-refractivity contribution in [1.82, 2.24) is 0 Å². The third-order valence-electron chi connectivity index (χ3n) is 4.10. The first-order valence-electron chi connectivity index (χ1n) is 7.73. The average Bonchev–Trinajstić information content (AvgIpc) is 2.83. The highest BCUT2D eigenvalue weighted by molar-refractivity contribution is 6.15. The fourth-order valence-electron chi connectivity index (χ4n) is 2.70. The van der Waals surface area contributed by atoms with Crippen LogP contribution in [0.3, 0.4) is 0 Å². The lowest BCUT2D eigenvalue weighted by atomic mass is 10.2. The van der Waals surface area contributed by atoms with Crippen LogP contribution in [0.4, 0.5) is 11.4 Å². The summed E-state index contributed by atoms with van der Waals surface area (Å²) in [5, 5.41) is 12.4. The Hall–Kier alpha value is -3.35. The predicted molar refractivity (Wildman–Crippen MR) is 95.3 cm³/mol. The van der Waals surface area contributed by atoms with E-state index in [-0.39, 0.29) is 11.6 Å². The Bertz CT molecular complexity index is 890. The highest BCUT2D eigenvalue weighted by Gasteiger charge is 2.44. The van der Waals surface area contributed by atoms with E-state index in [1.54, 1.807) is 21.8 Å². The van der Waals surface area contributed by atoms with Crippen molar-refractivity contribution < 1.29 is 14.4 Å². The first kappa shape index (κ1) is 16.5. The minimum absolute atomic E-state index is 0.00886. The van der Waals surface area contributed by atoms with Crippen LogP contribution in [0.15, 0.2) is 59.6 Å². The van der Waals surface area contributed by atoms with Crippen LogP contribution in [0.2, 0.25) is 0 Å². The number of nitro benzene ring substituents is 1. The quantitative estimate of drug-likeness (QED) is 0.372. The van der Waals surface area contributed by atoms with Crippen LogP contribution in [0.5, 0.6) is 0 Å². The largest absolute Gasteiger partial charge is 0.318 e. The molecule has 1 amide bonds. The van der Waals surface area contributed by atoms with Gasteiger partial charge in [-0.25, -0.2) is 0 Å². The van der Waals surface area contributed by atoms with Gasteiger partial charge in [-0.2, -0.15) is 0 Å². The van der Waals surface area contributed by atoms with Crippen molar-refractivity contribution >= 4 is 29.2 Å². The Balaban J connectivity index is 1.87. The maximum absolute atomic E-state index is 12.8. The molecule has 7 heteroatoms. The topological polar surface area (TPSA) is 78.8 Å². The van der Waals surface area contributed by atoms with Gasteiger partial charge in [-0.05, 0) is 17.7 Å². The van der Waals surface area contributed by atoms with E-state index in [1.165, 1.54) is 18.3 Å². The maximum atomic E-state index is 12.8. The third-order valence-corrected chi connectivity index (χ3v) is 4.10. The molecule has 126 valence electrons. The van der Waals surface area contributed by atoms with Gasteiger partial charge in [0, 0.05) is 25.3 Å². The summed E-state index contributed by atoms with van der Waals surface area (Å²) in [5.41, 5.74) is 2.12. The number of benzene rings is 2. The van der Waals surface area contributed by atoms with E-state index >= 15 is 0 Å². The van der Waals surface area contributed by atoms with Crippen molar-refractivity contribution in [3.63, 3.8) is 0 Å². The molecule has 2 aromatic carbocycles. The molecule has 2 aromatic rings. The molecule has 25 heavy (non-hydrogen) atoms. The second-order valence-corrected chi connectivity index (χ2v) is 5.68. The van der Waals surface area contributed by atoms with Gasteiger partial charge in [-0.1, -0.05) is 35.3 Å². The van der Waals surface area contributed by atoms with E-state index in [2.05, 4.69) is 4.99 Å². The van der Waals surface area contributed by atoms with Gasteiger partial charge < -0.3 is 0 Å². The number of nitro groups is 1. The molecule has 7 nitrogen and oxygen atoms in total. The molecule has 0 aliphatic carbocycles. The highest BCUT2D eigenvalue weighted by Crippen LogP contribution is 2.21. The van der Waals surface area contributed by atoms with Gasteiger partial charge in [-0.15, -0.1) is 4.68 Å². The number of hydrogen-bond acceptors (Lipinski definition) is 4. The number of non-ortho nitro benzene ring substituents is 1. The minimum atomic E-state index is -0.649. The van der Waals surface area contributed by atoms with Crippen LogP contribution in [0.25, 0.3) is 0 Å². The van der Waals surface area contributed by atoms with Crippen molar-refractivity contribution in [3.05, 3.63) is 70.3 Å². The number of carbonyl (C=O) groups excluding carboxylic acids is 1. The van der Waals surface area contributed by atoms with Crippen molar-refractivity contribution in [2.24, 2.45) is 4.99 Å². The van der Waals surface area contributed by atoms with Gasteiger partial charge in [0.1, 0.15) is 5.69 Å². The molecule has 0 saturated carbocycles. The van der Waals surface area contributed by atoms with E-state index in [4.69, 9.17) is 0 Å². The van der Waals surface area contributed by atoms with Crippen molar-refractivity contribution in [2.45, 2.75) is 13.0 Å². The first-order chi connectivity index (χ1) is 12.0. The molecule has 0 N–H and O–H groups in total. The second kappa shape index (κ2) is 6.64. The maximum Gasteiger partial charge on any atom is 0.318 e. The standard InChI is InChI=1S/C18H17N4O3/c1-13-17(19-12-14-7-6-10-16(11-14)22(24)25)18(23)21(20(13)2)15-8-4-3-5-9-15/h3-12,17H,1-2H3/q+1. The lowest BCUT2D eigenvalue weighted by Crippen LogP contribution is -2.35. The molecule has 0 saturated heterocycles. The Morgan fingerprint density at radius 3 is 2.60 bits per heavy atom. The molecule has 0 fully saturated rings. The fourth-order valence-corrected chi connectivity index (χ4v) is 2.70. The summed E-state index contributed by atoms with van der Waals surface area (Å²) in [7, 11) is 1.81. The van der Waals surface area contributed by atoms with Crippen LogP contribution in [0, 0.1) is 10.1 Å². The van der Waals surface area contributed by atoms with Crippen LogP contribution in [-0.2, 0) is 4.79 Å². The molecular formula is C18H17N4O3+. The summed E-state index contributed by atoms with van der Waals surface area (Å²) in [6, 6.07) is 14.8. The summed E-state index contributed by atoms with van der Waals surface area (Å²) in [5.74, 6) is -0.159. The van der Waals surface area contributed by atoms with Crippen molar-refractivity contribution in [3.8, 4) is 0 Å². The molecule has 3 rings (SSSR count). The van der Waals surface area contributed by atoms with Gasteiger partial charge >= 0.3 is 5.91 Å². The number of hydrogen-bond donors (Lipinski definition) is 0. The fraction of sp³-hybridized carbons (Fsp3) is 0.167. The number of para-hydroxylation sites is 1.